The minimum absolute atomic E-state index is 0.133. The van der Waals surface area contributed by atoms with Gasteiger partial charge in [-0.05, 0) is 37.5 Å². The summed E-state index contributed by atoms with van der Waals surface area (Å²) in [6, 6.07) is 4.13. The summed E-state index contributed by atoms with van der Waals surface area (Å²) in [5.74, 6) is -0.308. The van der Waals surface area contributed by atoms with Crippen molar-refractivity contribution in [2.24, 2.45) is 0 Å². The second kappa shape index (κ2) is 8.07. The van der Waals surface area contributed by atoms with Crippen LogP contribution in [0.5, 0.6) is 0 Å². The topological polar surface area (TPSA) is 59.5 Å². The lowest BCUT2D eigenvalue weighted by atomic mass is 9.97. The van der Waals surface area contributed by atoms with E-state index >= 15 is 0 Å². The zero-order valence-electron chi connectivity index (χ0n) is 15.0. The molecule has 0 saturated carbocycles. The molecule has 0 N–H and O–H groups in total. The molecule has 0 aliphatic heterocycles. The maximum atomic E-state index is 12.9. The molecule has 0 aliphatic carbocycles. The molecule has 0 atom stereocenters. The van der Waals surface area contributed by atoms with Crippen molar-refractivity contribution in [3.05, 3.63) is 57.4 Å². The van der Waals surface area contributed by atoms with Crippen molar-refractivity contribution in [1.29, 1.82) is 0 Å². The van der Waals surface area contributed by atoms with Crippen LogP contribution in [0, 0.1) is 20.8 Å². The Balaban J connectivity index is 2.36. The number of esters is 1. The van der Waals surface area contributed by atoms with Crippen LogP contribution in [-0.4, -0.2) is 30.5 Å². The van der Waals surface area contributed by atoms with E-state index in [-0.39, 0.29) is 18.9 Å². The number of carbonyl (C=O) groups excluding carboxylic acids is 2. The highest BCUT2D eigenvalue weighted by molar-refractivity contribution is 7.12. The van der Waals surface area contributed by atoms with Crippen LogP contribution in [0.25, 0.3) is 0 Å². The van der Waals surface area contributed by atoms with Gasteiger partial charge in [0.05, 0.1) is 19.0 Å². The summed E-state index contributed by atoms with van der Waals surface area (Å²) in [5, 5.41) is 0. The lowest BCUT2D eigenvalue weighted by molar-refractivity contribution is -0.117. The van der Waals surface area contributed by atoms with Gasteiger partial charge in [-0.1, -0.05) is 23.8 Å². The summed E-state index contributed by atoms with van der Waals surface area (Å²) in [5.41, 5.74) is 5.86. The van der Waals surface area contributed by atoms with Crippen LogP contribution in [0.4, 0.5) is 5.82 Å². The fourth-order valence-corrected chi connectivity index (χ4v) is 3.54. The summed E-state index contributed by atoms with van der Waals surface area (Å²) in [4.78, 5) is 30.9. The predicted octanol–water partition coefficient (Wildman–Crippen LogP) is 3.62. The van der Waals surface area contributed by atoms with Gasteiger partial charge in [0.2, 0.25) is 5.91 Å². The third-order valence-electron chi connectivity index (χ3n) is 3.96. The van der Waals surface area contributed by atoms with Crippen molar-refractivity contribution in [3.63, 3.8) is 0 Å². The standard InChI is InChI=1S/C19H22N2O3S/c1-6-7-21(18-17(19(23)24-5)25-11-20-18)16(22)10-15-13(3)8-12(2)9-14(15)4/h6,8-9,11H,1,7,10H2,2-5H3. The molecule has 132 valence electrons. The predicted molar refractivity (Wildman–Crippen MR) is 100 cm³/mol. The van der Waals surface area contributed by atoms with Crippen molar-refractivity contribution in [1.82, 2.24) is 4.98 Å². The maximum absolute atomic E-state index is 12.9. The average molecular weight is 358 g/mol. The SMILES string of the molecule is C=CCN(C(=O)Cc1c(C)cc(C)cc1C)c1ncsc1C(=O)OC. The highest BCUT2D eigenvalue weighted by Crippen LogP contribution is 2.25. The molecule has 1 heterocycles. The minimum Gasteiger partial charge on any atom is -0.465 e. The van der Waals surface area contributed by atoms with Gasteiger partial charge >= 0.3 is 5.97 Å². The highest BCUT2D eigenvalue weighted by Gasteiger charge is 2.25. The molecule has 0 saturated heterocycles. The molecule has 25 heavy (non-hydrogen) atoms. The van der Waals surface area contributed by atoms with Crippen molar-refractivity contribution < 1.29 is 14.3 Å². The zero-order chi connectivity index (χ0) is 18.6. The number of nitrogens with zero attached hydrogens (tertiary/aromatic N) is 2. The van der Waals surface area contributed by atoms with Crippen molar-refractivity contribution in [2.75, 3.05) is 18.6 Å². The van der Waals surface area contributed by atoms with Crippen molar-refractivity contribution in [3.8, 4) is 0 Å². The van der Waals surface area contributed by atoms with E-state index in [9.17, 15) is 9.59 Å². The number of amides is 1. The lowest BCUT2D eigenvalue weighted by Gasteiger charge is -2.21. The number of thiazole rings is 1. The first-order chi connectivity index (χ1) is 11.9. The van der Waals surface area contributed by atoms with Crippen LogP contribution in [0.1, 0.15) is 31.9 Å². The van der Waals surface area contributed by atoms with Crippen molar-refractivity contribution >= 4 is 29.0 Å². The number of aryl methyl sites for hydroxylation is 3. The second-order valence-corrected chi connectivity index (χ2v) is 6.70. The molecule has 6 heteroatoms. The number of carbonyl (C=O) groups is 2. The van der Waals surface area contributed by atoms with Crippen LogP contribution in [-0.2, 0) is 16.0 Å². The van der Waals surface area contributed by atoms with E-state index in [1.165, 1.54) is 23.1 Å². The Hall–Kier alpha value is -2.47. The van der Waals surface area contributed by atoms with E-state index < -0.39 is 5.97 Å². The first-order valence-electron chi connectivity index (χ1n) is 7.88. The molecule has 2 aromatic rings. The fourth-order valence-electron chi connectivity index (χ4n) is 2.84. The number of hydrogen-bond donors (Lipinski definition) is 0. The van der Waals surface area contributed by atoms with Gasteiger partial charge in [0.1, 0.15) is 0 Å². The molecule has 0 spiro atoms. The van der Waals surface area contributed by atoms with E-state index in [0.29, 0.717) is 10.7 Å². The first kappa shape index (κ1) is 18.9. The van der Waals surface area contributed by atoms with E-state index in [1.54, 1.807) is 6.08 Å². The van der Waals surface area contributed by atoms with Gasteiger partial charge in [-0.3, -0.25) is 9.69 Å². The molecule has 5 nitrogen and oxygen atoms in total. The number of rotatable bonds is 6. The molecular formula is C19H22N2O3S. The second-order valence-electron chi connectivity index (χ2n) is 5.84. The highest BCUT2D eigenvalue weighted by atomic mass is 32.1. The molecule has 0 aliphatic rings. The number of aromatic nitrogens is 1. The van der Waals surface area contributed by atoms with Crippen LogP contribution < -0.4 is 4.90 Å². The number of benzene rings is 1. The Labute approximate surface area is 152 Å². The number of anilines is 1. The Bertz CT molecular complexity index is 788. The molecule has 1 amide bonds. The number of methoxy groups -OCH3 is 1. The maximum Gasteiger partial charge on any atom is 0.351 e. The minimum atomic E-state index is -0.498. The van der Waals surface area contributed by atoms with Gasteiger partial charge in [-0.25, -0.2) is 9.78 Å². The quantitative estimate of drug-likeness (QED) is 0.584. The van der Waals surface area contributed by atoms with Crippen molar-refractivity contribution in [2.45, 2.75) is 27.2 Å². The largest absolute Gasteiger partial charge is 0.465 e. The third-order valence-corrected chi connectivity index (χ3v) is 4.75. The normalized spacial score (nSPS) is 10.4. The molecule has 1 aromatic heterocycles. The monoisotopic (exact) mass is 358 g/mol. The molecular weight excluding hydrogens is 336 g/mol. The Morgan fingerprint density at radius 3 is 2.48 bits per heavy atom. The van der Waals surface area contributed by atoms with E-state index in [2.05, 4.69) is 23.7 Å². The average Bonchev–Trinajstić information content (AvgIpc) is 3.04. The summed E-state index contributed by atoms with van der Waals surface area (Å²) >= 11 is 1.15. The third kappa shape index (κ3) is 4.14. The smallest absolute Gasteiger partial charge is 0.351 e. The molecule has 2 rings (SSSR count). The molecule has 0 fully saturated rings. The Morgan fingerprint density at radius 2 is 1.92 bits per heavy atom. The lowest BCUT2D eigenvalue weighted by Crippen LogP contribution is -2.34. The van der Waals surface area contributed by atoms with Crippen LogP contribution in [0.3, 0.4) is 0 Å². The number of hydrogen-bond acceptors (Lipinski definition) is 5. The molecule has 0 bridgehead atoms. The van der Waals surface area contributed by atoms with Gasteiger partial charge < -0.3 is 4.74 Å². The molecule has 1 aromatic carbocycles. The zero-order valence-corrected chi connectivity index (χ0v) is 15.8. The summed E-state index contributed by atoms with van der Waals surface area (Å²) in [7, 11) is 1.31. The van der Waals surface area contributed by atoms with Gasteiger partial charge in [0.25, 0.3) is 0 Å². The van der Waals surface area contributed by atoms with E-state index in [1.807, 2.05) is 20.8 Å². The van der Waals surface area contributed by atoms with Gasteiger partial charge in [0.15, 0.2) is 10.7 Å². The molecule has 0 radical (unpaired) electrons. The summed E-state index contributed by atoms with van der Waals surface area (Å²) < 4.78 is 4.78. The van der Waals surface area contributed by atoms with E-state index in [0.717, 1.165) is 28.0 Å². The molecule has 0 unspecified atom stereocenters. The van der Waals surface area contributed by atoms with Gasteiger partial charge in [0, 0.05) is 6.54 Å². The van der Waals surface area contributed by atoms with E-state index in [4.69, 9.17) is 4.74 Å². The van der Waals surface area contributed by atoms with Gasteiger partial charge in [-0.2, -0.15) is 0 Å². The first-order valence-corrected chi connectivity index (χ1v) is 8.76. The van der Waals surface area contributed by atoms with Crippen LogP contribution in [0.15, 0.2) is 30.3 Å². The Morgan fingerprint density at radius 1 is 1.28 bits per heavy atom. The van der Waals surface area contributed by atoms with Gasteiger partial charge in [-0.15, -0.1) is 17.9 Å². The summed E-state index contributed by atoms with van der Waals surface area (Å²) in [6.07, 6.45) is 1.86. The number of ether oxygens (including phenoxy) is 1. The Kier molecular flexibility index (Phi) is 6.09. The van der Waals surface area contributed by atoms with Crippen LogP contribution >= 0.6 is 11.3 Å². The van der Waals surface area contributed by atoms with Crippen LogP contribution in [0.2, 0.25) is 0 Å². The summed E-state index contributed by atoms with van der Waals surface area (Å²) in [6.45, 7) is 10.0. The fraction of sp³-hybridized carbons (Fsp3) is 0.316.